The number of carbonyl (C=O) groups excluding carboxylic acids is 2. The van der Waals surface area contributed by atoms with Crippen molar-refractivity contribution in [2.75, 3.05) is 19.6 Å². The fraction of sp³-hybridized carbons (Fsp3) is 0.667. The number of amides is 2. The van der Waals surface area contributed by atoms with Crippen LogP contribution >= 0.6 is 0 Å². The summed E-state index contributed by atoms with van der Waals surface area (Å²) in [7, 11) is 0. The van der Waals surface area contributed by atoms with E-state index >= 15 is 0 Å². The van der Waals surface area contributed by atoms with E-state index in [0.717, 1.165) is 43.4 Å². The Morgan fingerprint density at radius 3 is 2.69 bits per heavy atom. The molecule has 8 nitrogen and oxygen atoms in total. The molecule has 3 rings (SSSR count). The topological polar surface area (TPSA) is 104 Å². The Kier molecular flexibility index (Phi) is 5.58. The van der Waals surface area contributed by atoms with Crippen LogP contribution in [0.15, 0.2) is 4.52 Å². The number of hydrogen-bond acceptors (Lipinski definition) is 5. The second kappa shape index (κ2) is 7.88. The molecular weight excluding hydrogens is 338 g/mol. The minimum Gasteiger partial charge on any atom is -0.480 e. The molecule has 1 aliphatic heterocycles. The Labute approximate surface area is 152 Å². The molecule has 1 fully saturated rings. The molecule has 1 aromatic heterocycles. The highest BCUT2D eigenvalue weighted by atomic mass is 16.5. The molecule has 0 aromatic carbocycles. The quantitative estimate of drug-likeness (QED) is 0.869. The molecule has 1 saturated heterocycles. The lowest BCUT2D eigenvalue weighted by Gasteiger charge is -2.28. The Bertz CT molecular complexity index is 699. The van der Waals surface area contributed by atoms with E-state index < -0.39 is 5.97 Å². The van der Waals surface area contributed by atoms with Crippen LogP contribution in [0.1, 0.15) is 60.8 Å². The van der Waals surface area contributed by atoms with Gasteiger partial charge < -0.3 is 19.4 Å². The van der Waals surface area contributed by atoms with E-state index in [9.17, 15) is 14.4 Å². The molecule has 8 heteroatoms. The molecule has 1 aliphatic carbocycles. The van der Waals surface area contributed by atoms with Gasteiger partial charge in [-0.25, -0.2) is 0 Å². The summed E-state index contributed by atoms with van der Waals surface area (Å²) >= 11 is 0. The lowest BCUT2D eigenvalue weighted by Crippen LogP contribution is -2.43. The van der Waals surface area contributed by atoms with Crippen molar-refractivity contribution in [1.29, 1.82) is 0 Å². The van der Waals surface area contributed by atoms with E-state index in [1.165, 1.54) is 11.8 Å². The van der Waals surface area contributed by atoms with Gasteiger partial charge in [0.15, 0.2) is 5.69 Å². The van der Waals surface area contributed by atoms with Crippen molar-refractivity contribution in [2.24, 2.45) is 0 Å². The maximum Gasteiger partial charge on any atom is 0.323 e. The first kappa shape index (κ1) is 18.4. The molecular formula is C18H25N3O5. The number of aromatic nitrogens is 1. The van der Waals surface area contributed by atoms with Crippen LogP contribution in [0, 0.1) is 0 Å². The number of nitrogens with zero attached hydrogens (tertiary/aromatic N) is 3. The number of carboxylic acid groups (broad SMARTS) is 1. The predicted octanol–water partition coefficient (Wildman–Crippen LogP) is 1.48. The van der Waals surface area contributed by atoms with Crippen molar-refractivity contribution in [3.05, 3.63) is 17.0 Å². The van der Waals surface area contributed by atoms with Crippen LogP contribution in [0.4, 0.5) is 0 Å². The molecule has 1 N–H and O–H groups in total. The summed E-state index contributed by atoms with van der Waals surface area (Å²) in [4.78, 5) is 38.9. The van der Waals surface area contributed by atoms with Crippen LogP contribution in [0.5, 0.6) is 0 Å². The van der Waals surface area contributed by atoms with E-state index in [0.29, 0.717) is 31.6 Å². The zero-order chi connectivity index (χ0) is 18.7. The first-order chi connectivity index (χ1) is 12.5. The van der Waals surface area contributed by atoms with E-state index in [1.807, 2.05) is 0 Å². The Balaban J connectivity index is 1.68. The predicted molar refractivity (Wildman–Crippen MR) is 91.7 cm³/mol. The lowest BCUT2D eigenvalue weighted by atomic mass is 9.96. The van der Waals surface area contributed by atoms with Crippen molar-refractivity contribution >= 4 is 17.8 Å². The summed E-state index contributed by atoms with van der Waals surface area (Å²) in [6.07, 6.45) is 5.74. The van der Waals surface area contributed by atoms with Gasteiger partial charge in [0.2, 0.25) is 5.91 Å². The summed E-state index contributed by atoms with van der Waals surface area (Å²) in [6.45, 7) is 2.15. The van der Waals surface area contributed by atoms with Crippen molar-refractivity contribution in [3.63, 3.8) is 0 Å². The van der Waals surface area contributed by atoms with Gasteiger partial charge in [0, 0.05) is 38.0 Å². The molecule has 1 atom stereocenters. The highest BCUT2D eigenvalue weighted by Crippen LogP contribution is 2.26. The SMILES string of the molecule is CC(=O)N(CC(=O)O)C1CCCN(C(=O)c2noc3c2CCCC3)CC1. The van der Waals surface area contributed by atoms with Gasteiger partial charge >= 0.3 is 5.97 Å². The number of aryl methyl sites for hydroxylation is 1. The molecule has 2 aliphatic rings. The summed E-state index contributed by atoms with van der Waals surface area (Å²) < 4.78 is 5.35. The van der Waals surface area contributed by atoms with Crippen LogP contribution in [0.3, 0.4) is 0 Å². The van der Waals surface area contributed by atoms with Crippen LogP contribution < -0.4 is 0 Å². The second-order valence-electron chi connectivity index (χ2n) is 7.06. The first-order valence-electron chi connectivity index (χ1n) is 9.23. The number of carbonyl (C=O) groups is 3. The summed E-state index contributed by atoms with van der Waals surface area (Å²) in [6, 6.07) is -0.160. The monoisotopic (exact) mass is 363 g/mol. The van der Waals surface area contributed by atoms with Gasteiger partial charge in [0.05, 0.1) is 0 Å². The highest BCUT2D eigenvalue weighted by molar-refractivity contribution is 5.94. The second-order valence-corrected chi connectivity index (χ2v) is 7.06. The van der Waals surface area contributed by atoms with Crippen LogP contribution in [0.25, 0.3) is 0 Å². The largest absolute Gasteiger partial charge is 0.480 e. The number of fused-ring (bicyclic) bond motifs is 1. The number of aliphatic carboxylic acids is 1. The molecule has 1 aromatic rings. The Hall–Kier alpha value is -2.38. The fourth-order valence-electron chi connectivity index (χ4n) is 3.94. The van der Waals surface area contributed by atoms with E-state index in [-0.39, 0.29) is 24.4 Å². The standard InChI is InChI=1S/C18H25N3O5/c1-12(22)21(11-16(23)24)13-5-4-9-20(10-8-13)18(25)17-14-6-2-3-7-15(14)26-19-17/h13H,2-11H2,1H3,(H,23,24). The van der Waals surface area contributed by atoms with Gasteiger partial charge in [0.25, 0.3) is 5.91 Å². The van der Waals surface area contributed by atoms with Gasteiger partial charge in [-0.2, -0.15) is 0 Å². The van der Waals surface area contributed by atoms with Gasteiger partial charge in [-0.05, 0) is 38.5 Å². The number of likely N-dealkylation sites (tertiary alicyclic amines) is 1. The lowest BCUT2D eigenvalue weighted by molar-refractivity contribution is -0.145. The minimum atomic E-state index is -1.02. The zero-order valence-electron chi connectivity index (χ0n) is 15.1. The average Bonchev–Trinajstić information content (AvgIpc) is 2.88. The smallest absolute Gasteiger partial charge is 0.323 e. The summed E-state index contributed by atoms with van der Waals surface area (Å²) in [5.74, 6) is -0.559. The van der Waals surface area contributed by atoms with E-state index in [4.69, 9.17) is 9.63 Å². The van der Waals surface area contributed by atoms with Crippen LogP contribution in [-0.4, -0.2) is 63.5 Å². The normalized spacial score (nSPS) is 20.2. The highest BCUT2D eigenvalue weighted by Gasteiger charge is 2.31. The molecule has 0 radical (unpaired) electrons. The van der Waals surface area contributed by atoms with Gasteiger partial charge in [-0.3, -0.25) is 14.4 Å². The Morgan fingerprint density at radius 2 is 1.96 bits per heavy atom. The number of rotatable bonds is 4. The van der Waals surface area contributed by atoms with Crippen molar-refractivity contribution in [3.8, 4) is 0 Å². The molecule has 0 saturated carbocycles. The van der Waals surface area contributed by atoms with Crippen LogP contribution in [-0.2, 0) is 22.4 Å². The summed E-state index contributed by atoms with van der Waals surface area (Å²) in [5.41, 5.74) is 1.37. The molecule has 2 heterocycles. The third-order valence-corrected chi connectivity index (χ3v) is 5.29. The van der Waals surface area contributed by atoms with Crippen molar-refractivity contribution in [1.82, 2.24) is 15.0 Å². The van der Waals surface area contributed by atoms with E-state index in [2.05, 4.69) is 5.16 Å². The maximum atomic E-state index is 12.9. The number of carboxylic acids is 1. The molecule has 2 amide bonds. The molecule has 0 bridgehead atoms. The summed E-state index contributed by atoms with van der Waals surface area (Å²) in [5, 5.41) is 13.1. The Morgan fingerprint density at radius 1 is 1.19 bits per heavy atom. The van der Waals surface area contributed by atoms with Gasteiger partial charge in [0.1, 0.15) is 12.3 Å². The third kappa shape index (κ3) is 3.89. The van der Waals surface area contributed by atoms with Crippen molar-refractivity contribution in [2.45, 2.75) is 57.9 Å². The molecule has 0 spiro atoms. The van der Waals surface area contributed by atoms with Crippen molar-refractivity contribution < 1.29 is 24.0 Å². The third-order valence-electron chi connectivity index (χ3n) is 5.29. The average molecular weight is 363 g/mol. The van der Waals surface area contributed by atoms with E-state index in [1.54, 1.807) is 4.90 Å². The van der Waals surface area contributed by atoms with Gasteiger partial charge in [-0.15, -0.1) is 0 Å². The molecule has 26 heavy (non-hydrogen) atoms. The minimum absolute atomic E-state index is 0.120. The maximum absolute atomic E-state index is 12.9. The number of hydrogen-bond donors (Lipinski definition) is 1. The first-order valence-corrected chi connectivity index (χ1v) is 9.23. The van der Waals surface area contributed by atoms with Gasteiger partial charge in [-0.1, -0.05) is 5.16 Å². The molecule has 1 unspecified atom stereocenters. The fourth-order valence-corrected chi connectivity index (χ4v) is 3.94. The zero-order valence-corrected chi connectivity index (χ0v) is 15.1. The van der Waals surface area contributed by atoms with Crippen LogP contribution in [0.2, 0.25) is 0 Å². The molecule has 142 valence electrons.